The topological polar surface area (TPSA) is 16.1 Å². The molecule has 136 valence electrons. The van der Waals surface area contributed by atoms with Crippen LogP contribution in [0.15, 0.2) is 78.7 Å². The molecule has 1 aliphatic rings. The number of allylic oxidation sites excluding steroid dienone is 5. The largest absolute Gasteiger partial charge is 0.312 e. The van der Waals surface area contributed by atoms with Gasteiger partial charge in [0.15, 0.2) is 0 Å². The summed E-state index contributed by atoms with van der Waals surface area (Å²) in [5.41, 5.74) is 5.78. The van der Waals surface area contributed by atoms with E-state index < -0.39 is 0 Å². The third-order valence-electron chi connectivity index (χ3n) is 4.20. The van der Waals surface area contributed by atoms with Gasteiger partial charge in [-0.3, -0.25) is 4.98 Å². The van der Waals surface area contributed by atoms with Crippen molar-refractivity contribution in [2.24, 2.45) is 5.92 Å². The van der Waals surface area contributed by atoms with Crippen LogP contribution in [0.1, 0.15) is 38.4 Å². The molecule has 0 radical (unpaired) electrons. The maximum atomic E-state index is 4.49. The molecule has 1 heterocycles. The number of pyridine rings is 1. The third kappa shape index (κ3) is 5.19. The van der Waals surface area contributed by atoms with Crippen molar-refractivity contribution in [2.45, 2.75) is 41.0 Å². The van der Waals surface area contributed by atoms with Crippen molar-refractivity contribution in [3.05, 3.63) is 89.9 Å². The molecule has 2 aromatic rings. The lowest BCUT2D eigenvalue weighted by molar-refractivity contribution is 0.921. The Bertz CT molecular complexity index is 719. The normalized spacial score (nSPS) is 19.3. The molecule has 0 fully saturated rings. The quantitative estimate of drug-likeness (QED) is 0.562. The zero-order valence-electron chi connectivity index (χ0n) is 16.6. The highest BCUT2D eigenvalue weighted by Gasteiger charge is 2.14. The average Bonchev–Trinajstić information content (AvgIpc) is 2.64. The Balaban J connectivity index is 0.00000117. The Morgan fingerprint density at radius 1 is 0.923 bits per heavy atom. The Morgan fingerprint density at radius 3 is 2.27 bits per heavy atom. The van der Waals surface area contributed by atoms with Crippen molar-refractivity contribution in [2.75, 3.05) is 4.90 Å². The van der Waals surface area contributed by atoms with E-state index in [-0.39, 0.29) is 0 Å². The van der Waals surface area contributed by atoms with Gasteiger partial charge in [-0.2, -0.15) is 0 Å². The molecular formula is C24H30N2. The number of benzene rings is 1. The van der Waals surface area contributed by atoms with Gasteiger partial charge in [0.25, 0.3) is 0 Å². The van der Waals surface area contributed by atoms with Gasteiger partial charge in [0.05, 0.1) is 11.9 Å². The second-order valence-electron chi connectivity index (χ2n) is 6.36. The van der Waals surface area contributed by atoms with Gasteiger partial charge in [-0.05, 0) is 50.1 Å². The predicted octanol–water partition coefficient (Wildman–Crippen LogP) is 6.90. The number of aryl methyl sites for hydroxylation is 2. The summed E-state index contributed by atoms with van der Waals surface area (Å²) in [4.78, 5) is 6.78. The van der Waals surface area contributed by atoms with Crippen LogP contribution >= 0.6 is 0 Å². The van der Waals surface area contributed by atoms with E-state index in [1.165, 1.54) is 11.3 Å². The molecule has 3 rings (SSSR count). The van der Waals surface area contributed by atoms with Crippen LogP contribution in [0.2, 0.25) is 0 Å². The second-order valence-corrected chi connectivity index (χ2v) is 6.36. The van der Waals surface area contributed by atoms with Crippen molar-refractivity contribution < 1.29 is 0 Å². The monoisotopic (exact) mass is 346 g/mol. The summed E-state index contributed by atoms with van der Waals surface area (Å²) in [5, 5.41) is 0. The van der Waals surface area contributed by atoms with Gasteiger partial charge in [0, 0.05) is 23.5 Å². The van der Waals surface area contributed by atoms with Crippen LogP contribution in [0.4, 0.5) is 11.4 Å². The molecule has 1 aromatic carbocycles. The van der Waals surface area contributed by atoms with Crippen LogP contribution in [0.25, 0.3) is 0 Å². The van der Waals surface area contributed by atoms with Crippen molar-refractivity contribution in [1.82, 2.24) is 4.98 Å². The van der Waals surface area contributed by atoms with E-state index in [1.807, 2.05) is 27.0 Å². The molecule has 0 spiro atoms. The standard InChI is InChI=1S/C22H24N2.C2H6/c1-17-6-4-8-20(9-5-7-17)24(21-13-10-18(2)11-14-21)22-15-12-19(3)23-16-22;1-2/h4-8,10-17H,9H2,1-3H3;1-2H3/b6-4?,7-5-,20-8+;. The number of aromatic nitrogens is 1. The maximum absolute atomic E-state index is 4.49. The van der Waals surface area contributed by atoms with Crippen LogP contribution in [0, 0.1) is 19.8 Å². The summed E-state index contributed by atoms with van der Waals surface area (Å²) in [6.07, 6.45) is 13.9. The summed E-state index contributed by atoms with van der Waals surface area (Å²) < 4.78 is 0. The van der Waals surface area contributed by atoms with Crippen LogP contribution in [-0.2, 0) is 0 Å². The van der Waals surface area contributed by atoms with Crippen LogP contribution < -0.4 is 4.90 Å². The zero-order chi connectivity index (χ0) is 18.9. The van der Waals surface area contributed by atoms with E-state index in [1.54, 1.807) is 0 Å². The van der Waals surface area contributed by atoms with E-state index >= 15 is 0 Å². The molecule has 1 aromatic heterocycles. The Morgan fingerprint density at radius 2 is 1.62 bits per heavy atom. The first-order valence-corrected chi connectivity index (χ1v) is 9.47. The first-order chi connectivity index (χ1) is 12.6. The maximum Gasteiger partial charge on any atom is 0.0642 e. The molecule has 0 bridgehead atoms. The molecule has 1 aliphatic carbocycles. The first kappa shape index (κ1) is 19.7. The van der Waals surface area contributed by atoms with Gasteiger partial charge in [-0.15, -0.1) is 0 Å². The molecule has 0 amide bonds. The fourth-order valence-corrected chi connectivity index (χ4v) is 2.81. The van der Waals surface area contributed by atoms with Gasteiger partial charge in [-0.1, -0.05) is 62.8 Å². The second kappa shape index (κ2) is 9.76. The smallest absolute Gasteiger partial charge is 0.0642 e. The zero-order valence-corrected chi connectivity index (χ0v) is 16.6. The lowest BCUT2D eigenvalue weighted by Crippen LogP contribution is -2.16. The minimum Gasteiger partial charge on any atom is -0.312 e. The Labute approximate surface area is 158 Å². The summed E-state index contributed by atoms with van der Waals surface area (Å²) in [7, 11) is 0. The van der Waals surface area contributed by atoms with Gasteiger partial charge in [-0.25, -0.2) is 0 Å². The van der Waals surface area contributed by atoms with E-state index in [9.17, 15) is 0 Å². The third-order valence-corrected chi connectivity index (χ3v) is 4.20. The summed E-state index contributed by atoms with van der Waals surface area (Å²) in [6.45, 7) is 10.3. The van der Waals surface area contributed by atoms with Crippen LogP contribution in [0.3, 0.4) is 0 Å². The highest BCUT2D eigenvalue weighted by molar-refractivity contribution is 5.68. The molecule has 0 N–H and O–H groups in total. The summed E-state index contributed by atoms with van der Waals surface area (Å²) in [5.74, 6) is 0.483. The van der Waals surface area contributed by atoms with Gasteiger partial charge in [0.1, 0.15) is 0 Å². The van der Waals surface area contributed by atoms with Crippen molar-refractivity contribution in [1.29, 1.82) is 0 Å². The fraction of sp³-hybridized carbons (Fsp3) is 0.292. The summed E-state index contributed by atoms with van der Waals surface area (Å²) in [6, 6.07) is 12.9. The predicted molar refractivity (Wildman–Crippen MR) is 114 cm³/mol. The molecule has 1 unspecified atom stereocenters. The average molecular weight is 347 g/mol. The molecule has 0 aliphatic heterocycles. The number of hydrogen-bond acceptors (Lipinski definition) is 2. The molecule has 26 heavy (non-hydrogen) atoms. The Kier molecular flexibility index (Phi) is 7.40. The molecule has 0 saturated carbocycles. The lowest BCUT2D eigenvalue weighted by Gasteiger charge is -2.27. The number of anilines is 2. The minimum atomic E-state index is 0.483. The van der Waals surface area contributed by atoms with Gasteiger partial charge in [0.2, 0.25) is 0 Å². The van der Waals surface area contributed by atoms with Crippen LogP contribution in [0.5, 0.6) is 0 Å². The fourth-order valence-electron chi connectivity index (χ4n) is 2.81. The lowest BCUT2D eigenvalue weighted by atomic mass is 10.1. The van der Waals surface area contributed by atoms with Crippen molar-refractivity contribution >= 4 is 11.4 Å². The van der Waals surface area contributed by atoms with E-state index in [4.69, 9.17) is 0 Å². The first-order valence-electron chi connectivity index (χ1n) is 9.47. The highest BCUT2D eigenvalue weighted by Crippen LogP contribution is 2.32. The molecule has 2 nitrogen and oxygen atoms in total. The molecule has 0 saturated heterocycles. The number of nitrogens with zero attached hydrogens (tertiary/aromatic N) is 2. The van der Waals surface area contributed by atoms with Crippen molar-refractivity contribution in [3.8, 4) is 0 Å². The molecule has 1 atom stereocenters. The molecular weight excluding hydrogens is 316 g/mol. The Hall–Kier alpha value is -2.61. The SMILES string of the molecule is CC.Cc1ccc(N(/C2=C/C=CC(C)/C=C\C2)c2ccc(C)nc2)cc1. The van der Waals surface area contributed by atoms with Crippen molar-refractivity contribution in [3.63, 3.8) is 0 Å². The van der Waals surface area contributed by atoms with Gasteiger partial charge < -0.3 is 4.90 Å². The van der Waals surface area contributed by atoms with E-state index in [2.05, 4.69) is 90.5 Å². The molecule has 2 heteroatoms. The van der Waals surface area contributed by atoms with E-state index in [0.29, 0.717) is 5.92 Å². The van der Waals surface area contributed by atoms with Crippen LogP contribution in [-0.4, -0.2) is 4.98 Å². The summed E-state index contributed by atoms with van der Waals surface area (Å²) >= 11 is 0. The number of rotatable bonds is 3. The number of hydrogen-bond donors (Lipinski definition) is 0. The highest BCUT2D eigenvalue weighted by atomic mass is 15.2. The van der Waals surface area contributed by atoms with E-state index in [0.717, 1.165) is 23.5 Å². The minimum absolute atomic E-state index is 0.483. The van der Waals surface area contributed by atoms with Gasteiger partial charge >= 0.3 is 0 Å².